The van der Waals surface area contributed by atoms with Crippen LogP contribution in [0.1, 0.15) is 71.1 Å². The number of ether oxygens (including phenoxy) is 2. The zero-order valence-electron chi connectivity index (χ0n) is 12.5. The van der Waals surface area contributed by atoms with Gasteiger partial charge >= 0.3 is 5.97 Å². The molecule has 3 unspecified atom stereocenters. The van der Waals surface area contributed by atoms with Crippen LogP contribution in [0.15, 0.2) is 0 Å². The maximum Gasteiger partial charge on any atom is 0.305 e. The molecule has 3 nitrogen and oxygen atoms in total. The quantitative estimate of drug-likeness (QED) is 0.381. The normalized spacial score (nSPS) is 32.7. The van der Waals surface area contributed by atoms with Gasteiger partial charge in [-0.25, -0.2) is 0 Å². The molecule has 0 aromatic rings. The number of esters is 1. The standard InChI is InChI=1S/C16H28O3/c1-16-11-10-13(12-14(16)19-16)8-6-4-3-5-7-9-15(17)18-2/h13-14H,3-12H2,1-2H3. The van der Waals surface area contributed by atoms with Crippen LogP contribution in [0.25, 0.3) is 0 Å². The summed E-state index contributed by atoms with van der Waals surface area (Å²) in [6.07, 6.45) is 12.5. The summed E-state index contributed by atoms with van der Waals surface area (Å²) in [5.41, 5.74) is 0.268. The SMILES string of the molecule is COC(=O)CCCCCCCC1CCC2(C)OC2C1. The fourth-order valence-electron chi connectivity index (χ4n) is 3.32. The van der Waals surface area contributed by atoms with E-state index < -0.39 is 0 Å². The molecule has 110 valence electrons. The maximum atomic E-state index is 10.9. The molecule has 0 aromatic carbocycles. The number of fused-ring (bicyclic) bond motifs is 1. The largest absolute Gasteiger partial charge is 0.469 e. The van der Waals surface area contributed by atoms with E-state index in [1.54, 1.807) is 0 Å². The van der Waals surface area contributed by atoms with Crippen LogP contribution in [0.4, 0.5) is 0 Å². The number of rotatable bonds is 8. The Labute approximate surface area is 117 Å². The number of epoxide rings is 1. The molecule has 1 aliphatic carbocycles. The smallest absolute Gasteiger partial charge is 0.305 e. The fraction of sp³-hybridized carbons (Fsp3) is 0.938. The number of methoxy groups -OCH3 is 1. The van der Waals surface area contributed by atoms with Crippen LogP contribution < -0.4 is 0 Å². The number of carbonyl (C=O) groups excluding carboxylic acids is 1. The molecule has 0 bridgehead atoms. The lowest BCUT2D eigenvalue weighted by atomic mass is 9.80. The highest BCUT2D eigenvalue weighted by atomic mass is 16.6. The summed E-state index contributed by atoms with van der Waals surface area (Å²) in [7, 11) is 1.46. The molecule has 0 spiro atoms. The van der Waals surface area contributed by atoms with Crippen molar-refractivity contribution in [3.63, 3.8) is 0 Å². The van der Waals surface area contributed by atoms with Crippen LogP contribution in [0.2, 0.25) is 0 Å². The Morgan fingerprint density at radius 2 is 2.00 bits per heavy atom. The van der Waals surface area contributed by atoms with Gasteiger partial charge in [0.2, 0.25) is 0 Å². The molecule has 0 radical (unpaired) electrons. The van der Waals surface area contributed by atoms with Crippen molar-refractivity contribution in [2.75, 3.05) is 7.11 Å². The minimum Gasteiger partial charge on any atom is -0.469 e. The van der Waals surface area contributed by atoms with Gasteiger partial charge in [-0.15, -0.1) is 0 Å². The molecule has 19 heavy (non-hydrogen) atoms. The number of hydrogen-bond acceptors (Lipinski definition) is 3. The zero-order chi connectivity index (χ0) is 13.7. The second-order valence-corrected chi connectivity index (χ2v) is 6.44. The Kier molecular flexibility index (Phi) is 5.26. The lowest BCUT2D eigenvalue weighted by Crippen LogP contribution is -2.21. The molecule has 3 atom stereocenters. The van der Waals surface area contributed by atoms with Gasteiger partial charge in [0.05, 0.1) is 18.8 Å². The van der Waals surface area contributed by atoms with E-state index in [2.05, 4.69) is 11.7 Å². The number of unbranched alkanes of at least 4 members (excludes halogenated alkanes) is 4. The Bertz CT molecular complexity index is 302. The summed E-state index contributed by atoms with van der Waals surface area (Å²) in [6.45, 7) is 2.26. The number of carbonyl (C=O) groups is 1. The first kappa shape index (κ1) is 14.8. The third-order valence-corrected chi connectivity index (χ3v) is 4.85. The molecule has 1 saturated carbocycles. The first-order valence-electron chi connectivity index (χ1n) is 7.89. The summed E-state index contributed by atoms with van der Waals surface area (Å²) in [6, 6.07) is 0. The van der Waals surface area contributed by atoms with Crippen LogP contribution in [0.5, 0.6) is 0 Å². The molecular weight excluding hydrogens is 240 g/mol. The first-order valence-corrected chi connectivity index (χ1v) is 7.89. The Morgan fingerprint density at radius 1 is 1.26 bits per heavy atom. The van der Waals surface area contributed by atoms with Gasteiger partial charge in [-0.1, -0.05) is 32.1 Å². The molecule has 0 amide bonds. The van der Waals surface area contributed by atoms with Crippen LogP contribution in [-0.4, -0.2) is 24.8 Å². The topological polar surface area (TPSA) is 38.8 Å². The van der Waals surface area contributed by atoms with E-state index in [9.17, 15) is 4.79 Å². The molecule has 1 saturated heterocycles. The minimum atomic E-state index is -0.0744. The first-order chi connectivity index (χ1) is 9.14. The highest BCUT2D eigenvalue weighted by Gasteiger charge is 2.54. The molecule has 1 heterocycles. The van der Waals surface area contributed by atoms with Crippen LogP contribution >= 0.6 is 0 Å². The lowest BCUT2D eigenvalue weighted by molar-refractivity contribution is -0.140. The molecular formula is C16H28O3. The summed E-state index contributed by atoms with van der Waals surface area (Å²) >= 11 is 0. The van der Waals surface area contributed by atoms with Gasteiger partial charge < -0.3 is 9.47 Å². The third kappa shape index (κ3) is 4.48. The molecule has 0 N–H and O–H groups in total. The lowest BCUT2D eigenvalue weighted by Gasteiger charge is -2.22. The van der Waals surface area contributed by atoms with Crippen molar-refractivity contribution in [3.8, 4) is 0 Å². The van der Waals surface area contributed by atoms with Crippen molar-refractivity contribution in [1.82, 2.24) is 0 Å². The minimum absolute atomic E-state index is 0.0744. The highest BCUT2D eigenvalue weighted by Crippen LogP contribution is 2.50. The molecule has 2 rings (SSSR count). The highest BCUT2D eigenvalue weighted by molar-refractivity contribution is 5.68. The summed E-state index contributed by atoms with van der Waals surface area (Å²) in [5, 5.41) is 0. The monoisotopic (exact) mass is 268 g/mol. The van der Waals surface area contributed by atoms with E-state index in [1.165, 1.54) is 52.1 Å². The van der Waals surface area contributed by atoms with E-state index in [0.717, 1.165) is 18.8 Å². The summed E-state index contributed by atoms with van der Waals surface area (Å²) in [5.74, 6) is 0.824. The Balaban J connectivity index is 1.41. The average molecular weight is 268 g/mol. The van der Waals surface area contributed by atoms with Crippen molar-refractivity contribution in [3.05, 3.63) is 0 Å². The summed E-state index contributed by atoms with van der Waals surface area (Å²) < 4.78 is 10.4. The Morgan fingerprint density at radius 3 is 2.74 bits per heavy atom. The van der Waals surface area contributed by atoms with Crippen LogP contribution in [0, 0.1) is 5.92 Å². The number of hydrogen-bond donors (Lipinski definition) is 0. The van der Waals surface area contributed by atoms with Crippen LogP contribution in [-0.2, 0) is 14.3 Å². The van der Waals surface area contributed by atoms with Crippen molar-refractivity contribution in [1.29, 1.82) is 0 Å². The van der Waals surface area contributed by atoms with E-state index in [4.69, 9.17) is 4.74 Å². The molecule has 2 aliphatic rings. The van der Waals surface area contributed by atoms with E-state index in [-0.39, 0.29) is 11.6 Å². The third-order valence-electron chi connectivity index (χ3n) is 4.85. The van der Waals surface area contributed by atoms with Gasteiger partial charge in [-0.05, 0) is 38.5 Å². The van der Waals surface area contributed by atoms with Crippen molar-refractivity contribution in [2.45, 2.75) is 82.8 Å². The van der Waals surface area contributed by atoms with E-state index >= 15 is 0 Å². The summed E-state index contributed by atoms with van der Waals surface area (Å²) in [4.78, 5) is 10.9. The predicted octanol–water partition coefficient (Wildman–Crippen LogP) is 3.85. The maximum absolute atomic E-state index is 10.9. The van der Waals surface area contributed by atoms with Gasteiger partial charge in [0.25, 0.3) is 0 Å². The van der Waals surface area contributed by atoms with Crippen molar-refractivity contribution in [2.24, 2.45) is 5.92 Å². The zero-order valence-corrected chi connectivity index (χ0v) is 12.5. The van der Waals surface area contributed by atoms with Gasteiger partial charge in [0.15, 0.2) is 0 Å². The van der Waals surface area contributed by atoms with Gasteiger partial charge in [-0.3, -0.25) is 4.79 Å². The van der Waals surface area contributed by atoms with Crippen molar-refractivity contribution >= 4 is 5.97 Å². The average Bonchev–Trinajstić information content (AvgIpc) is 3.08. The second-order valence-electron chi connectivity index (χ2n) is 6.44. The van der Waals surface area contributed by atoms with Gasteiger partial charge in [0.1, 0.15) is 0 Å². The second kappa shape index (κ2) is 6.74. The van der Waals surface area contributed by atoms with Gasteiger partial charge in [-0.2, -0.15) is 0 Å². The van der Waals surface area contributed by atoms with E-state index in [1.807, 2.05) is 0 Å². The Hall–Kier alpha value is -0.570. The van der Waals surface area contributed by atoms with Crippen molar-refractivity contribution < 1.29 is 14.3 Å². The molecule has 2 fully saturated rings. The van der Waals surface area contributed by atoms with Gasteiger partial charge in [0, 0.05) is 6.42 Å². The predicted molar refractivity (Wildman–Crippen MR) is 75.0 cm³/mol. The molecule has 3 heteroatoms. The fourth-order valence-corrected chi connectivity index (χ4v) is 3.32. The molecule has 1 aliphatic heterocycles. The molecule has 0 aromatic heterocycles. The van der Waals surface area contributed by atoms with Crippen LogP contribution in [0.3, 0.4) is 0 Å². The van der Waals surface area contributed by atoms with E-state index in [0.29, 0.717) is 12.5 Å².